The van der Waals surface area contributed by atoms with Crippen molar-refractivity contribution in [3.63, 3.8) is 0 Å². The molecule has 0 aliphatic heterocycles. The number of hydrogen-bond donors (Lipinski definition) is 0. The van der Waals surface area contributed by atoms with E-state index in [4.69, 9.17) is 4.98 Å². The van der Waals surface area contributed by atoms with Crippen molar-refractivity contribution < 1.29 is 0 Å². The minimum Gasteiger partial charge on any atom is -0.256 e. The first-order chi connectivity index (χ1) is 11.5. The topological polar surface area (TPSA) is 12.9 Å². The summed E-state index contributed by atoms with van der Waals surface area (Å²) in [6.45, 7) is 8.69. The summed E-state index contributed by atoms with van der Waals surface area (Å²) in [5, 5.41) is 5.21. The highest BCUT2D eigenvalue weighted by atomic mass is 14.7. The van der Waals surface area contributed by atoms with E-state index in [9.17, 15) is 0 Å². The maximum absolute atomic E-state index is 4.77. The Morgan fingerprint density at radius 2 is 1.21 bits per heavy atom. The van der Waals surface area contributed by atoms with Gasteiger partial charge < -0.3 is 0 Å². The zero-order valence-corrected chi connectivity index (χ0v) is 14.6. The van der Waals surface area contributed by atoms with Crippen molar-refractivity contribution in [2.75, 3.05) is 0 Å². The first-order valence-corrected chi connectivity index (χ1v) is 8.41. The number of nitrogens with zero attached hydrogens (tertiary/aromatic N) is 1. The zero-order valence-electron chi connectivity index (χ0n) is 14.6. The van der Waals surface area contributed by atoms with E-state index in [1.807, 2.05) is 6.20 Å². The molecule has 0 aliphatic rings. The summed E-state index contributed by atoms with van der Waals surface area (Å²) in [6.07, 6.45) is 2.04. The summed E-state index contributed by atoms with van der Waals surface area (Å²) >= 11 is 0. The number of rotatable bonds is 1. The highest BCUT2D eigenvalue weighted by Crippen LogP contribution is 2.33. The molecular formula is C23H21N. The molecule has 0 atom stereocenters. The van der Waals surface area contributed by atoms with Gasteiger partial charge in [0.2, 0.25) is 0 Å². The number of hydrogen-bond acceptors (Lipinski definition) is 1. The van der Waals surface area contributed by atoms with Crippen LogP contribution in [-0.4, -0.2) is 4.98 Å². The fourth-order valence-electron chi connectivity index (χ4n) is 3.77. The van der Waals surface area contributed by atoms with E-state index in [-0.39, 0.29) is 0 Å². The molecule has 0 spiro atoms. The molecule has 1 heterocycles. The maximum atomic E-state index is 4.77. The molecule has 4 aromatic rings. The maximum Gasteiger partial charge on any atom is 0.0708 e. The van der Waals surface area contributed by atoms with Gasteiger partial charge in [-0.3, -0.25) is 4.98 Å². The van der Waals surface area contributed by atoms with Crippen LogP contribution in [0, 0.1) is 27.7 Å². The molecule has 0 saturated carbocycles. The van der Waals surface area contributed by atoms with Gasteiger partial charge >= 0.3 is 0 Å². The molecule has 0 N–H and O–H groups in total. The van der Waals surface area contributed by atoms with Crippen LogP contribution in [-0.2, 0) is 0 Å². The second kappa shape index (κ2) is 5.45. The highest BCUT2D eigenvalue weighted by Gasteiger charge is 2.10. The second-order valence-corrected chi connectivity index (χ2v) is 6.79. The Bertz CT molecular complexity index is 1070. The van der Waals surface area contributed by atoms with Gasteiger partial charge in [0.15, 0.2) is 0 Å². The fourth-order valence-corrected chi connectivity index (χ4v) is 3.77. The van der Waals surface area contributed by atoms with Crippen LogP contribution in [0.2, 0.25) is 0 Å². The van der Waals surface area contributed by atoms with Crippen molar-refractivity contribution in [1.29, 1.82) is 0 Å². The van der Waals surface area contributed by atoms with E-state index >= 15 is 0 Å². The lowest BCUT2D eigenvalue weighted by Crippen LogP contribution is -1.92. The van der Waals surface area contributed by atoms with E-state index in [0.717, 1.165) is 5.69 Å². The third-order valence-electron chi connectivity index (χ3n) is 4.96. The summed E-state index contributed by atoms with van der Waals surface area (Å²) < 4.78 is 0. The minimum atomic E-state index is 1.05. The van der Waals surface area contributed by atoms with Gasteiger partial charge in [0.25, 0.3) is 0 Å². The summed E-state index contributed by atoms with van der Waals surface area (Å²) in [7, 11) is 0. The predicted octanol–water partition coefficient (Wildman–Crippen LogP) is 6.29. The SMILES string of the molecule is Cc1cc(C)cc(-c2cc3c(C)c4ccccc4c(C)c3cn2)c1. The number of aromatic nitrogens is 1. The molecule has 0 radical (unpaired) electrons. The van der Waals surface area contributed by atoms with Crippen LogP contribution in [0.4, 0.5) is 0 Å². The fraction of sp³-hybridized carbons (Fsp3) is 0.174. The molecule has 0 unspecified atom stereocenters. The van der Waals surface area contributed by atoms with E-state index < -0.39 is 0 Å². The lowest BCUT2D eigenvalue weighted by atomic mass is 9.93. The van der Waals surface area contributed by atoms with E-state index in [1.54, 1.807) is 0 Å². The van der Waals surface area contributed by atoms with Gasteiger partial charge in [0.05, 0.1) is 5.69 Å². The van der Waals surface area contributed by atoms with Crippen LogP contribution in [0.15, 0.2) is 54.7 Å². The predicted molar refractivity (Wildman–Crippen MR) is 104 cm³/mol. The zero-order chi connectivity index (χ0) is 16.8. The highest BCUT2D eigenvalue weighted by molar-refractivity contribution is 6.05. The average molecular weight is 311 g/mol. The van der Waals surface area contributed by atoms with Crippen molar-refractivity contribution in [2.24, 2.45) is 0 Å². The van der Waals surface area contributed by atoms with E-state index in [1.165, 1.54) is 49.4 Å². The largest absolute Gasteiger partial charge is 0.256 e. The summed E-state index contributed by atoms with van der Waals surface area (Å²) in [6, 6.07) is 17.5. The molecule has 0 saturated heterocycles. The van der Waals surface area contributed by atoms with Crippen molar-refractivity contribution in [1.82, 2.24) is 4.98 Å². The quantitative estimate of drug-likeness (QED) is 0.376. The summed E-state index contributed by atoms with van der Waals surface area (Å²) in [5.74, 6) is 0. The van der Waals surface area contributed by atoms with Crippen LogP contribution in [0.1, 0.15) is 22.3 Å². The average Bonchev–Trinajstić information content (AvgIpc) is 2.58. The molecule has 3 aromatic carbocycles. The number of aryl methyl sites for hydroxylation is 4. The van der Waals surface area contributed by atoms with Gasteiger partial charge in [-0.2, -0.15) is 0 Å². The van der Waals surface area contributed by atoms with Gasteiger partial charge in [0, 0.05) is 17.1 Å². The molecule has 1 nitrogen and oxygen atoms in total. The monoisotopic (exact) mass is 311 g/mol. The van der Waals surface area contributed by atoms with E-state index in [0.29, 0.717) is 0 Å². The Hall–Kier alpha value is -2.67. The first kappa shape index (κ1) is 14.9. The van der Waals surface area contributed by atoms with Crippen molar-refractivity contribution >= 4 is 21.5 Å². The smallest absolute Gasteiger partial charge is 0.0708 e. The van der Waals surface area contributed by atoms with Crippen LogP contribution < -0.4 is 0 Å². The van der Waals surface area contributed by atoms with Gasteiger partial charge in [-0.1, -0.05) is 41.5 Å². The molecule has 0 bridgehead atoms. The number of pyridine rings is 1. The Morgan fingerprint density at radius 1 is 0.625 bits per heavy atom. The molecule has 0 amide bonds. The first-order valence-electron chi connectivity index (χ1n) is 8.41. The molecular weight excluding hydrogens is 290 g/mol. The molecule has 24 heavy (non-hydrogen) atoms. The molecule has 118 valence electrons. The normalized spacial score (nSPS) is 11.3. The Balaban J connectivity index is 2.05. The Morgan fingerprint density at radius 3 is 1.83 bits per heavy atom. The summed E-state index contributed by atoms with van der Waals surface area (Å²) in [4.78, 5) is 4.77. The van der Waals surface area contributed by atoms with Gasteiger partial charge in [-0.05, 0) is 73.2 Å². The van der Waals surface area contributed by atoms with Crippen LogP contribution in [0.3, 0.4) is 0 Å². The molecule has 0 fully saturated rings. The third-order valence-corrected chi connectivity index (χ3v) is 4.96. The van der Waals surface area contributed by atoms with Gasteiger partial charge in [-0.15, -0.1) is 0 Å². The Labute approximate surface area is 143 Å². The Kier molecular flexibility index (Phi) is 3.38. The van der Waals surface area contributed by atoms with Crippen molar-refractivity contribution in [2.45, 2.75) is 27.7 Å². The van der Waals surface area contributed by atoms with Gasteiger partial charge in [-0.25, -0.2) is 0 Å². The minimum absolute atomic E-state index is 1.05. The lowest BCUT2D eigenvalue weighted by Gasteiger charge is -2.13. The molecule has 1 heteroatoms. The van der Waals surface area contributed by atoms with E-state index in [2.05, 4.69) is 76.2 Å². The molecule has 0 aliphatic carbocycles. The number of benzene rings is 3. The van der Waals surface area contributed by atoms with Crippen LogP contribution >= 0.6 is 0 Å². The third kappa shape index (κ3) is 2.28. The second-order valence-electron chi connectivity index (χ2n) is 6.79. The van der Waals surface area contributed by atoms with Gasteiger partial charge in [0.1, 0.15) is 0 Å². The van der Waals surface area contributed by atoms with Crippen LogP contribution in [0.5, 0.6) is 0 Å². The standard InChI is InChI=1S/C23H21N/c1-14-9-15(2)11-18(10-14)23-12-21-16(3)19-7-5-6-8-20(19)17(4)22(21)13-24-23/h5-13H,1-4H3. The molecule has 1 aromatic heterocycles. The van der Waals surface area contributed by atoms with Crippen molar-refractivity contribution in [3.05, 3.63) is 77.0 Å². The lowest BCUT2D eigenvalue weighted by molar-refractivity contribution is 1.32. The van der Waals surface area contributed by atoms with Crippen molar-refractivity contribution in [3.8, 4) is 11.3 Å². The summed E-state index contributed by atoms with van der Waals surface area (Å²) in [5.41, 5.74) is 7.44. The number of fused-ring (bicyclic) bond motifs is 2. The van der Waals surface area contributed by atoms with Crippen LogP contribution in [0.25, 0.3) is 32.8 Å². The molecule has 4 rings (SSSR count).